The molecule has 3 rings (SSSR count). The van der Waals surface area contributed by atoms with Crippen LogP contribution in [0.1, 0.15) is 6.42 Å². The molecular formula is C17H10ClF5N2O. The number of hydrogen-bond donors (Lipinski definition) is 0. The van der Waals surface area contributed by atoms with Crippen LogP contribution >= 0.6 is 11.6 Å². The van der Waals surface area contributed by atoms with Crippen molar-refractivity contribution in [2.24, 2.45) is 0 Å². The van der Waals surface area contributed by atoms with Crippen LogP contribution in [-0.2, 0) is 6.54 Å². The molecule has 26 heavy (non-hydrogen) atoms. The van der Waals surface area contributed by atoms with E-state index in [1.807, 2.05) is 0 Å². The molecule has 3 aromatic rings. The number of rotatable bonds is 4. The van der Waals surface area contributed by atoms with E-state index in [1.165, 1.54) is 24.3 Å². The summed E-state index contributed by atoms with van der Waals surface area (Å²) in [5.74, 6) is -10.3. The van der Waals surface area contributed by atoms with Gasteiger partial charge in [-0.05, 0) is 12.5 Å². The van der Waals surface area contributed by atoms with E-state index < -0.39 is 45.9 Å². The van der Waals surface area contributed by atoms with E-state index >= 15 is 0 Å². The standard InChI is InChI=1S/C17H10ClF5N2O/c18-6-3-7-25-17(26)9-5-2-1-4-8(9)16(24-25)10-11(19)13(21)15(23)14(22)12(10)20/h1-2,4-5H,3,6-7H2. The van der Waals surface area contributed by atoms with Crippen molar-refractivity contribution in [3.8, 4) is 11.3 Å². The zero-order valence-corrected chi connectivity index (χ0v) is 13.8. The first-order chi connectivity index (χ1) is 12.4. The van der Waals surface area contributed by atoms with Crippen molar-refractivity contribution in [1.82, 2.24) is 9.78 Å². The lowest BCUT2D eigenvalue weighted by Crippen LogP contribution is -2.24. The molecule has 2 aromatic carbocycles. The van der Waals surface area contributed by atoms with Gasteiger partial charge in [0.25, 0.3) is 5.56 Å². The molecule has 0 aliphatic rings. The number of halogens is 6. The number of aromatic nitrogens is 2. The maximum absolute atomic E-state index is 14.2. The molecule has 1 heterocycles. The van der Waals surface area contributed by atoms with Gasteiger partial charge in [0, 0.05) is 17.8 Å². The molecule has 0 amide bonds. The van der Waals surface area contributed by atoms with Gasteiger partial charge in [-0.15, -0.1) is 11.6 Å². The highest BCUT2D eigenvalue weighted by molar-refractivity contribution is 6.17. The molecule has 0 fully saturated rings. The second kappa shape index (κ2) is 7.03. The molecule has 3 nitrogen and oxygen atoms in total. The Morgan fingerprint density at radius 2 is 1.42 bits per heavy atom. The van der Waals surface area contributed by atoms with Gasteiger partial charge in [-0.1, -0.05) is 18.2 Å². The van der Waals surface area contributed by atoms with Crippen LogP contribution < -0.4 is 5.56 Å². The van der Waals surface area contributed by atoms with Crippen LogP contribution in [0.4, 0.5) is 22.0 Å². The fourth-order valence-corrected chi connectivity index (χ4v) is 2.71. The lowest BCUT2D eigenvalue weighted by atomic mass is 10.0. The predicted octanol–water partition coefficient (Wildman–Crippen LogP) is 4.39. The van der Waals surface area contributed by atoms with Gasteiger partial charge in [0.1, 0.15) is 5.69 Å². The Kier molecular flexibility index (Phi) is 4.95. The van der Waals surface area contributed by atoms with Crippen molar-refractivity contribution in [2.75, 3.05) is 5.88 Å². The largest absolute Gasteiger partial charge is 0.274 e. The summed E-state index contributed by atoms with van der Waals surface area (Å²) in [5, 5.41) is 3.86. The van der Waals surface area contributed by atoms with Crippen LogP contribution in [0.2, 0.25) is 0 Å². The number of fused-ring (bicyclic) bond motifs is 1. The summed E-state index contributed by atoms with van der Waals surface area (Å²) in [4.78, 5) is 12.4. The predicted molar refractivity (Wildman–Crippen MR) is 86.6 cm³/mol. The average Bonchev–Trinajstić information content (AvgIpc) is 2.65. The molecule has 0 N–H and O–H groups in total. The summed E-state index contributed by atoms with van der Waals surface area (Å²) in [6, 6.07) is 5.68. The van der Waals surface area contributed by atoms with Crippen LogP contribution in [0, 0.1) is 29.1 Å². The Morgan fingerprint density at radius 1 is 0.885 bits per heavy atom. The molecule has 0 radical (unpaired) electrons. The van der Waals surface area contributed by atoms with Gasteiger partial charge < -0.3 is 0 Å². The van der Waals surface area contributed by atoms with E-state index in [2.05, 4.69) is 5.10 Å². The lowest BCUT2D eigenvalue weighted by molar-refractivity contribution is 0.381. The van der Waals surface area contributed by atoms with E-state index in [4.69, 9.17) is 11.6 Å². The van der Waals surface area contributed by atoms with Crippen molar-refractivity contribution in [3.05, 3.63) is 63.7 Å². The highest BCUT2D eigenvalue weighted by Crippen LogP contribution is 2.33. The maximum Gasteiger partial charge on any atom is 0.274 e. The third-order valence-corrected chi connectivity index (χ3v) is 4.09. The first-order valence-corrected chi connectivity index (χ1v) is 7.99. The van der Waals surface area contributed by atoms with E-state index in [0.717, 1.165) is 4.68 Å². The summed E-state index contributed by atoms with van der Waals surface area (Å²) in [6.45, 7) is 0.0234. The molecule has 136 valence electrons. The van der Waals surface area contributed by atoms with Crippen LogP contribution in [0.5, 0.6) is 0 Å². The second-order valence-corrected chi connectivity index (χ2v) is 5.79. The summed E-state index contributed by atoms with van der Waals surface area (Å²) >= 11 is 5.58. The Balaban J connectivity index is 2.43. The lowest BCUT2D eigenvalue weighted by Gasteiger charge is -2.13. The molecule has 0 spiro atoms. The number of alkyl halides is 1. The summed E-state index contributed by atoms with van der Waals surface area (Å²) in [6.07, 6.45) is 0.323. The minimum Gasteiger partial charge on any atom is -0.267 e. The normalized spacial score (nSPS) is 11.3. The van der Waals surface area contributed by atoms with E-state index in [0.29, 0.717) is 6.42 Å². The molecule has 0 aliphatic carbocycles. The van der Waals surface area contributed by atoms with Crippen molar-refractivity contribution in [2.45, 2.75) is 13.0 Å². The molecule has 1 aromatic heterocycles. The Morgan fingerprint density at radius 3 is 2.00 bits per heavy atom. The molecule has 9 heteroatoms. The minimum atomic E-state index is -2.26. The SMILES string of the molecule is O=c1c2ccccc2c(-c2c(F)c(F)c(F)c(F)c2F)nn1CCCCl. The van der Waals surface area contributed by atoms with Crippen LogP contribution in [0.15, 0.2) is 29.1 Å². The average molecular weight is 389 g/mol. The summed E-state index contributed by atoms with van der Waals surface area (Å²) < 4.78 is 69.9. The monoisotopic (exact) mass is 388 g/mol. The Hall–Kier alpha value is -2.48. The molecule has 0 atom stereocenters. The first kappa shape index (κ1) is 18.3. The van der Waals surface area contributed by atoms with Crippen molar-refractivity contribution in [1.29, 1.82) is 0 Å². The maximum atomic E-state index is 14.2. The van der Waals surface area contributed by atoms with Gasteiger partial charge in [-0.25, -0.2) is 26.6 Å². The summed E-state index contributed by atoms with van der Waals surface area (Å²) in [7, 11) is 0. The summed E-state index contributed by atoms with van der Waals surface area (Å²) in [5.41, 5.74) is -2.25. The van der Waals surface area contributed by atoms with Gasteiger partial charge in [-0.3, -0.25) is 4.79 Å². The molecular weight excluding hydrogens is 379 g/mol. The van der Waals surface area contributed by atoms with Crippen molar-refractivity contribution >= 4 is 22.4 Å². The van der Waals surface area contributed by atoms with Crippen LogP contribution in [-0.4, -0.2) is 15.7 Å². The molecule has 0 aliphatic heterocycles. The number of aryl methyl sites for hydroxylation is 1. The quantitative estimate of drug-likeness (QED) is 0.287. The smallest absolute Gasteiger partial charge is 0.267 e. The zero-order valence-electron chi connectivity index (χ0n) is 13.0. The van der Waals surface area contributed by atoms with Gasteiger partial charge in [0.05, 0.1) is 10.9 Å². The van der Waals surface area contributed by atoms with Crippen molar-refractivity contribution < 1.29 is 22.0 Å². The topological polar surface area (TPSA) is 34.9 Å². The number of hydrogen-bond acceptors (Lipinski definition) is 2. The van der Waals surface area contributed by atoms with Gasteiger partial charge in [-0.2, -0.15) is 5.10 Å². The fourth-order valence-electron chi connectivity index (χ4n) is 2.59. The third kappa shape index (κ3) is 2.84. The Bertz CT molecular complexity index is 1040. The third-order valence-electron chi connectivity index (χ3n) is 3.82. The number of benzene rings is 2. The molecule has 0 saturated heterocycles. The highest BCUT2D eigenvalue weighted by Gasteiger charge is 2.29. The fraction of sp³-hybridized carbons (Fsp3) is 0.176. The molecule has 0 saturated carbocycles. The van der Waals surface area contributed by atoms with Crippen LogP contribution in [0.3, 0.4) is 0 Å². The number of nitrogens with zero attached hydrogens (tertiary/aromatic N) is 2. The second-order valence-electron chi connectivity index (χ2n) is 5.41. The van der Waals surface area contributed by atoms with Gasteiger partial charge in [0.15, 0.2) is 23.3 Å². The van der Waals surface area contributed by atoms with Crippen LogP contribution in [0.25, 0.3) is 22.0 Å². The van der Waals surface area contributed by atoms with Crippen molar-refractivity contribution in [3.63, 3.8) is 0 Å². The first-order valence-electron chi connectivity index (χ1n) is 7.46. The van der Waals surface area contributed by atoms with E-state index in [1.54, 1.807) is 0 Å². The van der Waals surface area contributed by atoms with Gasteiger partial charge in [0.2, 0.25) is 5.82 Å². The molecule has 0 unspecified atom stereocenters. The zero-order chi connectivity index (χ0) is 19.0. The minimum absolute atomic E-state index is 0.0234. The molecule has 0 bridgehead atoms. The van der Waals surface area contributed by atoms with Gasteiger partial charge >= 0.3 is 0 Å². The van der Waals surface area contributed by atoms with E-state index in [9.17, 15) is 26.7 Å². The van der Waals surface area contributed by atoms with E-state index in [-0.39, 0.29) is 23.2 Å². The Labute approximate surface area is 148 Å². The highest BCUT2D eigenvalue weighted by atomic mass is 35.5.